The number of halogens is 2. The van der Waals surface area contributed by atoms with E-state index in [-0.39, 0.29) is 42.1 Å². The highest BCUT2D eigenvalue weighted by atomic mass is 19.1. The molecule has 2 bridgehead atoms. The van der Waals surface area contributed by atoms with Crippen molar-refractivity contribution in [3.63, 3.8) is 0 Å². The summed E-state index contributed by atoms with van der Waals surface area (Å²) in [6.07, 6.45) is 6.06. The van der Waals surface area contributed by atoms with Gasteiger partial charge in [-0.15, -0.1) is 0 Å². The van der Waals surface area contributed by atoms with Gasteiger partial charge >= 0.3 is 6.09 Å². The summed E-state index contributed by atoms with van der Waals surface area (Å²) in [5.41, 5.74) is -0.574. The van der Waals surface area contributed by atoms with Crippen LogP contribution in [0.5, 0.6) is 5.75 Å². The van der Waals surface area contributed by atoms with Crippen LogP contribution in [0.3, 0.4) is 0 Å². The molecular formula is C25H32F2N2O4. The molecule has 1 aromatic carbocycles. The van der Waals surface area contributed by atoms with Gasteiger partial charge in [0.05, 0.1) is 29.9 Å². The van der Waals surface area contributed by atoms with Crippen LogP contribution in [0.15, 0.2) is 12.1 Å². The average Bonchev–Trinajstić information content (AvgIpc) is 3.01. The maximum atomic E-state index is 14.1. The van der Waals surface area contributed by atoms with E-state index < -0.39 is 23.0 Å². The van der Waals surface area contributed by atoms with Crippen LogP contribution in [-0.4, -0.2) is 47.0 Å². The van der Waals surface area contributed by atoms with Crippen LogP contribution >= 0.6 is 0 Å². The van der Waals surface area contributed by atoms with Crippen molar-refractivity contribution < 1.29 is 27.8 Å². The van der Waals surface area contributed by atoms with Crippen LogP contribution in [0.1, 0.15) is 77.7 Å². The molecule has 1 aromatic rings. The molecule has 3 aliphatic rings. The molecule has 0 aromatic heterocycles. The third-order valence-electron chi connectivity index (χ3n) is 6.71. The Bertz CT molecular complexity index is 881. The number of benzene rings is 1. The number of carbonyl (C=O) groups is 1. The fraction of sp³-hybridized carbons (Fsp3) is 0.680. The minimum absolute atomic E-state index is 0.0684. The maximum absolute atomic E-state index is 14.1. The van der Waals surface area contributed by atoms with Crippen molar-refractivity contribution in [2.24, 2.45) is 0 Å². The summed E-state index contributed by atoms with van der Waals surface area (Å²) in [6, 6.07) is 4.03. The van der Waals surface area contributed by atoms with Crippen LogP contribution in [0.25, 0.3) is 0 Å². The highest BCUT2D eigenvalue weighted by molar-refractivity contribution is 5.69. The minimum Gasteiger partial charge on any atom is -0.484 e. The van der Waals surface area contributed by atoms with Crippen molar-refractivity contribution in [1.29, 1.82) is 5.26 Å². The van der Waals surface area contributed by atoms with Gasteiger partial charge in [-0.2, -0.15) is 5.26 Å². The molecule has 3 atom stereocenters. The topological polar surface area (TPSA) is 71.8 Å². The number of hydrogen-bond donors (Lipinski definition) is 0. The molecular weight excluding hydrogens is 430 g/mol. The third-order valence-corrected chi connectivity index (χ3v) is 6.71. The molecule has 2 aliphatic heterocycles. The molecule has 1 amide bonds. The average molecular weight is 463 g/mol. The van der Waals surface area contributed by atoms with E-state index in [0.29, 0.717) is 12.8 Å². The predicted octanol–water partition coefficient (Wildman–Crippen LogP) is 5.47. The monoisotopic (exact) mass is 462 g/mol. The Morgan fingerprint density at radius 1 is 0.970 bits per heavy atom. The summed E-state index contributed by atoms with van der Waals surface area (Å²) in [5.74, 6) is -2.11. The first-order valence-electron chi connectivity index (χ1n) is 11.9. The maximum Gasteiger partial charge on any atom is 0.410 e. The first kappa shape index (κ1) is 23.7. The number of rotatable bonds is 4. The van der Waals surface area contributed by atoms with Gasteiger partial charge in [0.2, 0.25) is 0 Å². The summed E-state index contributed by atoms with van der Waals surface area (Å²) in [7, 11) is 0. The molecule has 180 valence electrons. The molecule has 2 saturated heterocycles. The van der Waals surface area contributed by atoms with Crippen molar-refractivity contribution in [1.82, 2.24) is 4.90 Å². The lowest BCUT2D eigenvalue weighted by atomic mass is 9.93. The minimum atomic E-state index is -0.850. The molecule has 2 heterocycles. The zero-order valence-corrected chi connectivity index (χ0v) is 19.5. The van der Waals surface area contributed by atoms with Crippen molar-refractivity contribution >= 4 is 6.09 Å². The molecule has 1 saturated carbocycles. The Balaban J connectivity index is 1.26. The molecule has 33 heavy (non-hydrogen) atoms. The fourth-order valence-corrected chi connectivity index (χ4v) is 5.31. The van der Waals surface area contributed by atoms with E-state index in [1.165, 1.54) is 0 Å². The second-order valence-corrected chi connectivity index (χ2v) is 10.4. The van der Waals surface area contributed by atoms with Crippen molar-refractivity contribution in [2.45, 2.75) is 108 Å². The van der Waals surface area contributed by atoms with Gasteiger partial charge in [-0.05, 0) is 84.3 Å². The normalized spacial score (nSPS) is 29.5. The van der Waals surface area contributed by atoms with E-state index in [1.54, 1.807) is 6.07 Å². The number of carbonyl (C=O) groups excluding carboxylic acids is 1. The van der Waals surface area contributed by atoms with Crippen molar-refractivity contribution in [2.75, 3.05) is 0 Å². The Morgan fingerprint density at radius 3 is 2.03 bits per heavy atom. The largest absolute Gasteiger partial charge is 0.484 e. The van der Waals surface area contributed by atoms with E-state index >= 15 is 0 Å². The zero-order chi connectivity index (χ0) is 23.8. The summed E-state index contributed by atoms with van der Waals surface area (Å²) in [4.78, 5) is 14.5. The van der Waals surface area contributed by atoms with Gasteiger partial charge in [-0.25, -0.2) is 13.6 Å². The van der Waals surface area contributed by atoms with E-state index in [2.05, 4.69) is 0 Å². The first-order valence-corrected chi connectivity index (χ1v) is 11.9. The molecule has 6 nitrogen and oxygen atoms in total. The number of fused-ring (bicyclic) bond motifs is 2. The first-order chi connectivity index (χ1) is 15.6. The number of nitrogens with zero attached hydrogens (tertiary/aromatic N) is 2. The van der Waals surface area contributed by atoms with E-state index in [9.17, 15) is 13.6 Å². The van der Waals surface area contributed by atoms with Gasteiger partial charge in [-0.3, -0.25) is 0 Å². The number of ether oxygens (including phenoxy) is 3. The van der Waals surface area contributed by atoms with E-state index in [4.69, 9.17) is 19.5 Å². The van der Waals surface area contributed by atoms with Gasteiger partial charge in [0.1, 0.15) is 5.60 Å². The Kier molecular flexibility index (Phi) is 6.81. The van der Waals surface area contributed by atoms with E-state index in [0.717, 1.165) is 50.7 Å². The van der Waals surface area contributed by atoms with Gasteiger partial charge in [-0.1, -0.05) is 0 Å². The Morgan fingerprint density at radius 2 is 1.52 bits per heavy atom. The summed E-state index contributed by atoms with van der Waals surface area (Å²) >= 11 is 0. The molecule has 0 spiro atoms. The summed E-state index contributed by atoms with van der Waals surface area (Å²) < 4.78 is 45.8. The van der Waals surface area contributed by atoms with Crippen LogP contribution in [-0.2, 0) is 9.47 Å². The van der Waals surface area contributed by atoms with Crippen LogP contribution in [0.2, 0.25) is 0 Å². The van der Waals surface area contributed by atoms with Gasteiger partial charge in [0.15, 0.2) is 17.4 Å². The Labute approximate surface area is 193 Å². The van der Waals surface area contributed by atoms with Gasteiger partial charge in [0, 0.05) is 12.1 Å². The van der Waals surface area contributed by atoms with E-state index in [1.807, 2.05) is 25.7 Å². The van der Waals surface area contributed by atoms with Crippen molar-refractivity contribution in [3.8, 4) is 11.8 Å². The SMILES string of the molecule is CC(C)(C)OC(=O)N1[C@@H]2CC[C@H]1CC(OC1CCC(Oc3c(F)cc(C#N)cc3F)CC1)C2. The molecule has 1 aliphatic carbocycles. The molecule has 4 rings (SSSR count). The van der Waals surface area contributed by atoms with Gasteiger partial charge < -0.3 is 19.1 Å². The van der Waals surface area contributed by atoms with Gasteiger partial charge in [0.25, 0.3) is 0 Å². The zero-order valence-electron chi connectivity index (χ0n) is 19.5. The molecule has 0 radical (unpaired) electrons. The highest BCUT2D eigenvalue weighted by Crippen LogP contribution is 2.39. The lowest BCUT2D eigenvalue weighted by Crippen LogP contribution is -2.50. The predicted molar refractivity (Wildman–Crippen MR) is 117 cm³/mol. The molecule has 3 fully saturated rings. The number of amides is 1. The third kappa shape index (κ3) is 5.57. The number of piperidine rings is 1. The van der Waals surface area contributed by atoms with Crippen LogP contribution in [0, 0.1) is 23.0 Å². The molecule has 0 N–H and O–H groups in total. The quantitative estimate of drug-likeness (QED) is 0.593. The highest BCUT2D eigenvalue weighted by Gasteiger charge is 2.45. The second-order valence-electron chi connectivity index (χ2n) is 10.4. The Hall–Kier alpha value is -2.40. The summed E-state index contributed by atoms with van der Waals surface area (Å²) in [6.45, 7) is 5.65. The smallest absolute Gasteiger partial charge is 0.410 e. The standard InChI is InChI=1S/C25H32F2N2O4/c1-25(2,3)33-24(30)29-16-4-5-17(29)13-20(12-16)31-18-6-8-19(9-7-18)32-23-21(26)10-15(14-28)11-22(23)27/h10-11,16-20H,4-9,12-13H2,1-3H3/t16-,17+,18?,19?,20?. The molecule has 1 unspecified atom stereocenters. The summed E-state index contributed by atoms with van der Waals surface area (Å²) in [5, 5.41) is 8.82. The van der Waals surface area contributed by atoms with Crippen LogP contribution < -0.4 is 4.74 Å². The van der Waals surface area contributed by atoms with Crippen molar-refractivity contribution in [3.05, 3.63) is 29.3 Å². The number of nitriles is 1. The van der Waals surface area contributed by atoms with Crippen LogP contribution in [0.4, 0.5) is 13.6 Å². The fourth-order valence-electron chi connectivity index (χ4n) is 5.31. The molecule has 8 heteroatoms. The second kappa shape index (κ2) is 9.46. The number of hydrogen-bond acceptors (Lipinski definition) is 5. The lowest BCUT2D eigenvalue weighted by Gasteiger charge is -2.41. The lowest BCUT2D eigenvalue weighted by molar-refractivity contribution is -0.0815.